The number of likely N-dealkylation sites (tertiary alicyclic amines) is 1. The van der Waals surface area contributed by atoms with E-state index in [4.69, 9.17) is 5.73 Å². The summed E-state index contributed by atoms with van der Waals surface area (Å²) in [4.78, 5) is 5.93. The summed E-state index contributed by atoms with van der Waals surface area (Å²) in [7, 11) is 0. The fraction of sp³-hybridized carbons (Fsp3) is 0.412. The molecule has 2 heterocycles. The largest absolute Gasteiger partial charge is 0.361 e. The van der Waals surface area contributed by atoms with Crippen LogP contribution in [0.1, 0.15) is 23.5 Å². The summed E-state index contributed by atoms with van der Waals surface area (Å²) in [5.74, 6) is 0.561. The first-order valence-corrected chi connectivity index (χ1v) is 7.47. The highest BCUT2D eigenvalue weighted by Crippen LogP contribution is 2.42. The molecule has 0 saturated carbocycles. The molecule has 0 amide bonds. The highest BCUT2D eigenvalue weighted by atomic mass is 15.2. The zero-order valence-electron chi connectivity index (χ0n) is 11.7. The first-order valence-electron chi connectivity index (χ1n) is 7.47. The standard InChI is InChI=1S/C17H21N3/c1-2-6-20-10-12(18)8-14-13-4-3-5-15-17(13)11(9-19-15)7-16(14)20/h2-5,9,12,14,16,19H,1,6-8,10,18H2/t12-,14+,16+/m0/s1. The van der Waals surface area contributed by atoms with E-state index in [1.54, 1.807) is 0 Å². The van der Waals surface area contributed by atoms with Crippen molar-refractivity contribution in [2.24, 2.45) is 5.73 Å². The highest BCUT2D eigenvalue weighted by Gasteiger charge is 2.39. The molecule has 1 aliphatic heterocycles. The second kappa shape index (κ2) is 4.47. The topological polar surface area (TPSA) is 45.0 Å². The van der Waals surface area contributed by atoms with E-state index in [1.807, 2.05) is 6.08 Å². The van der Waals surface area contributed by atoms with Crippen molar-refractivity contribution in [3.63, 3.8) is 0 Å². The lowest BCUT2D eigenvalue weighted by molar-refractivity contribution is 0.124. The van der Waals surface area contributed by atoms with Gasteiger partial charge in [0.25, 0.3) is 0 Å². The monoisotopic (exact) mass is 267 g/mol. The van der Waals surface area contributed by atoms with Crippen molar-refractivity contribution in [1.29, 1.82) is 0 Å². The maximum absolute atomic E-state index is 6.30. The zero-order chi connectivity index (χ0) is 13.7. The van der Waals surface area contributed by atoms with Crippen LogP contribution >= 0.6 is 0 Å². The van der Waals surface area contributed by atoms with Gasteiger partial charge in [-0.3, -0.25) is 4.90 Å². The predicted molar refractivity (Wildman–Crippen MR) is 82.9 cm³/mol. The van der Waals surface area contributed by atoms with Crippen LogP contribution in [0.4, 0.5) is 0 Å². The van der Waals surface area contributed by atoms with Gasteiger partial charge in [-0.15, -0.1) is 6.58 Å². The Bertz CT molecular complexity index is 657. The molecule has 3 nitrogen and oxygen atoms in total. The van der Waals surface area contributed by atoms with Gasteiger partial charge in [-0.25, -0.2) is 0 Å². The summed E-state index contributed by atoms with van der Waals surface area (Å²) in [6.45, 7) is 5.83. The van der Waals surface area contributed by atoms with Crippen molar-refractivity contribution >= 4 is 10.9 Å². The Kier molecular flexibility index (Phi) is 2.72. The molecule has 1 saturated heterocycles. The van der Waals surface area contributed by atoms with Crippen LogP contribution in [0.2, 0.25) is 0 Å². The van der Waals surface area contributed by atoms with Crippen LogP contribution < -0.4 is 5.73 Å². The van der Waals surface area contributed by atoms with E-state index < -0.39 is 0 Å². The SMILES string of the molecule is C=CCN1C[C@@H](N)C[C@@H]2c3cccc4[nH]cc(c34)C[C@H]21. The van der Waals surface area contributed by atoms with Crippen molar-refractivity contribution < 1.29 is 0 Å². The van der Waals surface area contributed by atoms with Gasteiger partial charge in [0.2, 0.25) is 0 Å². The van der Waals surface area contributed by atoms with E-state index in [0.29, 0.717) is 12.0 Å². The van der Waals surface area contributed by atoms with Gasteiger partial charge in [-0.1, -0.05) is 18.2 Å². The Balaban J connectivity index is 1.84. The third-order valence-corrected chi connectivity index (χ3v) is 4.97. The van der Waals surface area contributed by atoms with Gasteiger partial charge in [0, 0.05) is 48.2 Å². The quantitative estimate of drug-likeness (QED) is 0.821. The molecule has 1 aromatic heterocycles. The fourth-order valence-electron chi connectivity index (χ4n) is 4.21. The van der Waals surface area contributed by atoms with Crippen molar-refractivity contribution in [1.82, 2.24) is 9.88 Å². The molecule has 20 heavy (non-hydrogen) atoms. The van der Waals surface area contributed by atoms with E-state index >= 15 is 0 Å². The number of aromatic nitrogens is 1. The number of hydrogen-bond acceptors (Lipinski definition) is 2. The molecule has 2 aliphatic rings. The molecule has 0 radical (unpaired) electrons. The van der Waals surface area contributed by atoms with E-state index in [2.05, 4.69) is 40.9 Å². The summed E-state index contributed by atoms with van der Waals surface area (Å²) < 4.78 is 0. The number of nitrogens with zero attached hydrogens (tertiary/aromatic N) is 1. The summed E-state index contributed by atoms with van der Waals surface area (Å²) in [6.07, 6.45) is 6.41. The van der Waals surface area contributed by atoms with E-state index in [1.165, 1.54) is 22.0 Å². The Morgan fingerprint density at radius 3 is 3.20 bits per heavy atom. The zero-order valence-corrected chi connectivity index (χ0v) is 11.7. The van der Waals surface area contributed by atoms with Crippen LogP contribution in [0.3, 0.4) is 0 Å². The Labute approximate surface area is 119 Å². The van der Waals surface area contributed by atoms with Gasteiger partial charge in [-0.05, 0) is 30.0 Å². The second-order valence-corrected chi connectivity index (χ2v) is 6.20. The minimum Gasteiger partial charge on any atom is -0.361 e. The Hall–Kier alpha value is -1.58. The molecule has 3 N–H and O–H groups in total. The normalized spacial score (nSPS) is 29.4. The molecule has 4 rings (SSSR count). The number of nitrogens with two attached hydrogens (primary N) is 1. The third-order valence-electron chi connectivity index (χ3n) is 4.97. The number of nitrogens with one attached hydrogen (secondary N) is 1. The Morgan fingerprint density at radius 2 is 2.35 bits per heavy atom. The van der Waals surface area contributed by atoms with Gasteiger partial charge >= 0.3 is 0 Å². The number of H-pyrrole nitrogens is 1. The minimum absolute atomic E-state index is 0.270. The van der Waals surface area contributed by atoms with E-state index in [-0.39, 0.29) is 6.04 Å². The minimum atomic E-state index is 0.270. The van der Waals surface area contributed by atoms with Crippen LogP contribution in [0.15, 0.2) is 37.1 Å². The van der Waals surface area contributed by atoms with Crippen LogP contribution in [0.5, 0.6) is 0 Å². The summed E-state index contributed by atoms with van der Waals surface area (Å²) in [5, 5.41) is 1.45. The lowest BCUT2D eigenvalue weighted by atomic mass is 9.74. The van der Waals surface area contributed by atoms with Crippen molar-refractivity contribution in [3.05, 3.63) is 48.2 Å². The fourth-order valence-corrected chi connectivity index (χ4v) is 4.21. The first kappa shape index (κ1) is 12.2. The molecule has 3 atom stereocenters. The van der Waals surface area contributed by atoms with Crippen molar-refractivity contribution in [2.75, 3.05) is 13.1 Å². The molecule has 0 bridgehead atoms. The highest BCUT2D eigenvalue weighted by molar-refractivity contribution is 5.88. The Morgan fingerprint density at radius 1 is 1.45 bits per heavy atom. The molecule has 1 fully saturated rings. The molecule has 0 spiro atoms. The molecule has 0 unspecified atom stereocenters. The molecule has 1 aromatic carbocycles. The van der Waals surface area contributed by atoms with Gasteiger partial charge in [0.05, 0.1) is 0 Å². The summed E-state index contributed by atoms with van der Waals surface area (Å²) in [5.41, 5.74) is 10.5. The third kappa shape index (κ3) is 1.67. The average Bonchev–Trinajstić information content (AvgIpc) is 2.85. The van der Waals surface area contributed by atoms with Crippen LogP contribution in [0, 0.1) is 0 Å². The van der Waals surface area contributed by atoms with Crippen LogP contribution in [-0.4, -0.2) is 35.1 Å². The predicted octanol–water partition coefficient (Wildman–Crippen LogP) is 2.40. The maximum atomic E-state index is 6.30. The number of benzene rings is 1. The maximum Gasteiger partial charge on any atom is 0.0459 e. The summed E-state index contributed by atoms with van der Waals surface area (Å²) in [6, 6.07) is 7.47. The molecule has 1 aliphatic carbocycles. The molecule has 104 valence electrons. The first-order chi connectivity index (χ1) is 9.78. The summed E-state index contributed by atoms with van der Waals surface area (Å²) >= 11 is 0. The lowest BCUT2D eigenvalue weighted by Gasteiger charge is -2.46. The van der Waals surface area contributed by atoms with E-state index in [9.17, 15) is 0 Å². The molecule has 3 heteroatoms. The van der Waals surface area contributed by atoms with Crippen LogP contribution in [-0.2, 0) is 6.42 Å². The van der Waals surface area contributed by atoms with Gasteiger partial charge < -0.3 is 10.7 Å². The van der Waals surface area contributed by atoms with Crippen molar-refractivity contribution in [3.8, 4) is 0 Å². The average molecular weight is 267 g/mol. The van der Waals surface area contributed by atoms with Crippen LogP contribution in [0.25, 0.3) is 10.9 Å². The number of rotatable bonds is 2. The number of aromatic amines is 1. The number of hydrogen-bond donors (Lipinski definition) is 2. The van der Waals surface area contributed by atoms with Crippen molar-refractivity contribution in [2.45, 2.75) is 30.8 Å². The van der Waals surface area contributed by atoms with Gasteiger partial charge in [-0.2, -0.15) is 0 Å². The number of fused-ring (bicyclic) bond motifs is 2. The van der Waals surface area contributed by atoms with Gasteiger partial charge in [0.15, 0.2) is 0 Å². The molecular weight excluding hydrogens is 246 g/mol. The number of piperidine rings is 1. The second-order valence-electron chi connectivity index (χ2n) is 6.20. The smallest absolute Gasteiger partial charge is 0.0459 e. The molecular formula is C17H21N3. The lowest BCUT2D eigenvalue weighted by Crippen LogP contribution is -2.54. The van der Waals surface area contributed by atoms with E-state index in [0.717, 1.165) is 25.9 Å². The van der Waals surface area contributed by atoms with Gasteiger partial charge in [0.1, 0.15) is 0 Å². The molecule has 2 aromatic rings.